The molecule has 1 heterocycles. The van der Waals surface area contributed by atoms with Gasteiger partial charge in [-0.25, -0.2) is 4.79 Å². The number of carbonyl (C=O) groups is 2. The van der Waals surface area contributed by atoms with E-state index in [1.165, 1.54) is 36.6 Å². The SMILES string of the molecule is COc1ccc(NC(=O)Cn2cc(NC(=O)NCC3CCCC3)cn2)cc1. The summed E-state index contributed by atoms with van der Waals surface area (Å²) in [5, 5.41) is 12.5. The lowest BCUT2D eigenvalue weighted by Gasteiger charge is -2.10. The van der Waals surface area contributed by atoms with Crippen LogP contribution in [0.1, 0.15) is 25.7 Å². The van der Waals surface area contributed by atoms with E-state index in [1.54, 1.807) is 37.6 Å². The first-order valence-corrected chi connectivity index (χ1v) is 9.13. The van der Waals surface area contributed by atoms with Gasteiger partial charge in [-0.1, -0.05) is 12.8 Å². The molecule has 2 aromatic rings. The van der Waals surface area contributed by atoms with E-state index in [0.29, 0.717) is 23.8 Å². The topological polar surface area (TPSA) is 97.3 Å². The summed E-state index contributed by atoms with van der Waals surface area (Å²) in [5.74, 6) is 1.10. The van der Waals surface area contributed by atoms with Crippen LogP contribution in [0.5, 0.6) is 5.75 Å². The minimum atomic E-state index is -0.246. The first-order valence-electron chi connectivity index (χ1n) is 9.13. The smallest absolute Gasteiger partial charge is 0.319 e. The van der Waals surface area contributed by atoms with E-state index in [-0.39, 0.29) is 18.5 Å². The van der Waals surface area contributed by atoms with Crippen molar-refractivity contribution < 1.29 is 14.3 Å². The third-order valence-electron chi connectivity index (χ3n) is 4.60. The predicted molar refractivity (Wildman–Crippen MR) is 103 cm³/mol. The molecule has 3 N–H and O–H groups in total. The van der Waals surface area contributed by atoms with Gasteiger partial charge in [0.1, 0.15) is 12.3 Å². The van der Waals surface area contributed by atoms with Gasteiger partial charge in [0.05, 0.1) is 19.0 Å². The fraction of sp³-hybridized carbons (Fsp3) is 0.421. The average Bonchev–Trinajstić information content (AvgIpc) is 3.33. The van der Waals surface area contributed by atoms with E-state index in [0.717, 1.165) is 5.75 Å². The Hall–Kier alpha value is -3.03. The number of anilines is 2. The van der Waals surface area contributed by atoms with Crippen molar-refractivity contribution in [3.05, 3.63) is 36.7 Å². The Bertz CT molecular complexity index is 766. The van der Waals surface area contributed by atoms with Crippen molar-refractivity contribution in [2.24, 2.45) is 5.92 Å². The molecule has 1 aromatic carbocycles. The normalized spacial score (nSPS) is 14.0. The van der Waals surface area contributed by atoms with Crippen molar-refractivity contribution in [2.45, 2.75) is 32.2 Å². The molecule has 1 fully saturated rings. The number of urea groups is 1. The van der Waals surface area contributed by atoms with E-state index < -0.39 is 0 Å². The minimum absolute atomic E-state index is 0.0530. The molecule has 144 valence electrons. The van der Waals surface area contributed by atoms with Crippen molar-refractivity contribution in [1.82, 2.24) is 15.1 Å². The lowest BCUT2D eigenvalue weighted by Crippen LogP contribution is -2.32. The molecular weight excluding hydrogens is 346 g/mol. The van der Waals surface area contributed by atoms with Gasteiger partial charge < -0.3 is 20.7 Å². The second kappa shape index (κ2) is 9.07. The number of hydrogen-bond donors (Lipinski definition) is 3. The van der Waals surface area contributed by atoms with Crippen LogP contribution < -0.4 is 20.7 Å². The summed E-state index contributed by atoms with van der Waals surface area (Å²) in [5.41, 5.74) is 1.23. The van der Waals surface area contributed by atoms with Gasteiger partial charge in [-0.3, -0.25) is 9.48 Å². The Morgan fingerprint density at radius 2 is 1.89 bits per heavy atom. The molecule has 0 saturated heterocycles. The number of aromatic nitrogens is 2. The first-order chi connectivity index (χ1) is 13.1. The summed E-state index contributed by atoms with van der Waals surface area (Å²) < 4.78 is 6.56. The number of carbonyl (C=O) groups excluding carboxylic acids is 2. The highest BCUT2D eigenvalue weighted by Gasteiger charge is 2.15. The molecule has 1 aliphatic carbocycles. The molecule has 0 aliphatic heterocycles. The van der Waals surface area contributed by atoms with Crippen LogP contribution in [0.3, 0.4) is 0 Å². The third-order valence-corrected chi connectivity index (χ3v) is 4.60. The maximum absolute atomic E-state index is 12.1. The zero-order chi connectivity index (χ0) is 19.1. The molecule has 27 heavy (non-hydrogen) atoms. The highest BCUT2D eigenvalue weighted by atomic mass is 16.5. The number of ether oxygens (including phenoxy) is 1. The Morgan fingerprint density at radius 3 is 2.59 bits per heavy atom. The molecule has 0 bridgehead atoms. The Labute approximate surface area is 158 Å². The summed E-state index contributed by atoms with van der Waals surface area (Å²) in [6.45, 7) is 0.752. The summed E-state index contributed by atoms with van der Waals surface area (Å²) in [7, 11) is 1.59. The van der Waals surface area contributed by atoms with Crippen molar-refractivity contribution in [3.8, 4) is 5.75 Å². The van der Waals surface area contributed by atoms with Crippen LogP contribution in [0, 0.1) is 5.92 Å². The van der Waals surface area contributed by atoms with E-state index in [9.17, 15) is 9.59 Å². The zero-order valence-corrected chi connectivity index (χ0v) is 15.4. The zero-order valence-electron chi connectivity index (χ0n) is 15.4. The van der Waals surface area contributed by atoms with Crippen molar-refractivity contribution >= 4 is 23.3 Å². The summed E-state index contributed by atoms with van der Waals surface area (Å²) >= 11 is 0. The first kappa shape index (κ1) is 18.8. The number of rotatable bonds is 7. The van der Waals surface area contributed by atoms with E-state index in [2.05, 4.69) is 21.0 Å². The van der Waals surface area contributed by atoms with Crippen LogP contribution in [0.15, 0.2) is 36.7 Å². The molecule has 8 nitrogen and oxygen atoms in total. The van der Waals surface area contributed by atoms with E-state index >= 15 is 0 Å². The molecule has 0 unspecified atom stereocenters. The number of nitrogens with one attached hydrogen (secondary N) is 3. The van der Waals surface area contributed by atoms with Crippen molar-refractivity contribution in [3.63, 3.8) is 0 Å². The van der Waals surface area contributed by atoms with Crippen LogP contribution in [-0.4, -0.2) is 35.4 Å². The van der Waals surface area contributed by atoms with Gasteiger partial charge in [0, 0.05) is 18.4 Å². The fourth-order valence-electron chi connectivity index (χ4n) is 3.16. The van der Waals surface area contributed by atoms with Crippen molar-refractivity contribution in [2.75, 3.05) is 24.3 Å². The lowest BCUT2D eigenvalue weighted by molar-refractivity contribution is -0.116. The number of hydrogen-bond acceptors (Lipinski definition) is 4. The number of benzene rings is 1. The lowest BCUT2D eigenvalue weighted by atomic mass is 10.1. The molecule has 3 amide bonds. The molecule has 0 spiro atoms. The average molecular weight is 371 g/mol. The molecule has 1 aliphatic rings. The van der Waals surface area contributed by atoms with Gasteiger partial charge in [-0.15, -0.1) is 0 Å². The van der Waals surface area contributed by atoms with Gasteiger partial charge >= 0.3 is 6.03 Å². The third kappa shape index (κ3) is 5.73. The molecular formula is C19H25N5O3. The monoisotopic (exact) mass is 371 g/mol. The summed E-state index contributed by atoms with van der Waals surface area (Å²) in [6.07, 6.45) is 8.01. The Balaban J connectivity index is 1.43. The molecule has 0 atom stereocenters. The summed E-state index contributed by atoms with van der Waals surface area (Å²) in [4.78, 5) is 24.1. The molecule has 1 aromatic heterocycles. The van der Waals surface area contributed by atoms with Crippen LogP contribution in [-0.2, 0) is 11.3 Å². The number of amides is 3. The standard InChI is InChI=1S/C19H25N5O3/c1-27-17-8-6-15(7-9-17)22-18(25)13-24-12-16(11-21-24)23-19(26)20-10-14-4-2-3-5-14/h6-9,11-12,14H,2-5,10,13H2,1H3,(H,22,25)(H2,20,23,26). The van der Waals surface area contributed by atoms with Gasteiger partial charge in [0.15, 0.2) is 0 Å². The van der Waals surface area contributed by atoms with Crippen LogP contribution >= 0.6 is 0 Å². The highest BCUT2D eigenvalue weighted by molar-refractivity contribution is 5.91. The molecule has 1 saturated carbocycles. The minimum Gasteiger partial charge on any atom is -0.497 e. The van der Waals surface area contributed by atoms with Gasteiger partial charge in [-0.2, -0.15) is 5.10 Å². The predicted octanol–water partition coefficient (Wildman–Crippen LogP) is 2.84. The van der Waals surface area contributed by atoms with Gasteiger partial charge in [-0.05, 0) is 43.0 Å². The quantitative estimate of drug-likeness (QED) is 0.697. The fourth-order valence-corrected chi connectivity index (χ4v) is 3.16. The number of methoxy groups -OCH3 is 1. The maximum Gasteiger partial charge on any atom is 0.319 e. The Morgan fingerprint density at radius 1 is 1.15 bits per heavy atom. The summed E-state index contributed by atoms with van der Waals surface area (Å²) in [6, 6.07) is 6.83. The van der Waals surface area contributed by atoms with Crippen LogP contribution in [0.4, 0.5) is 16.2 Å². The van der Waals surface area contributed by atoms with Crippen molar-refractivity contribution in [1.29, 1.82) is 0 Å². The molecule has 0 radical (unpaired) electrons. The van der Waals surface area contributed by atoms with E-state index in [4.69, 9.17) is 4.74 Å². The van der Waals surface area contributed by atoms with E-state index in [1.807, 2.05) is 0 Å². The molecule has 3 rings (SSSR count). The molecule has 8 heteroatoms. The highest BCUT2D eigenvalue weighted by Crippen LogP contribution is 2.23. The van der Waals surface area contributed by atoms with Gasteiger partial charge in [0.25, 0.3) is 0 Å². The van der Waals surface area contributed by atoms with Crippen LogP contribution in [0.2, 0.25) is 0 Å². The van der Waals surface area contributed by atoms with Crippen LogP contribution in [0.25, 0.3) is 0 Å². The second-order valence-corrected chi connectivity index (χ2v) is 6.69. The second-order valence-electron chi connectivity index (χ2n) is 6.69. The number of nitrogens with zero attached hydrogens (tertiary/aromatic N) is 2. The maximum atomic E-state index is 12.1. The Kier molecular flexibility index (Phi) is 6.30. The largest absolute Gasteiger partial charge is 0.497 e. The van der Waals surface area contributed by atoms with Gasteiger partial charge in [0.2, 0.25) is 5.91 Å².